The van der Waals surface area contributed by atoms with E-state index in [1.165, 1.54) is 24.3 Å². The van der Waals surface area contributed by atoms with E-state index in [4.69, 9.17) is 0 Å². The zero-order valence-corrected chi connectivity index (χ0v) is 14.5. The minimum atomic E-state index is -3.27. The molecule has 0 aromatic heterocycles. The van der Waals surface area contributed by atoms with Crippen LogP contribution < -0.4 is 0 Å². The zero-order valence-electron chi connectivity index (χ0n) is 13.7. The summed E-state index contributed by atoms with van der Waals surface area (Å²) in [6.45, 7) is 3.16. The third-order valence-electron chi connectivity index (χ3n) is 3.81. The van der Waals surface area contributed by atoms with Gasteiger partial charge in [0.2, 0.25) is 0 Å². The van der Waals surface area contributed by atoms with Crippen LogP contribution in [0.2, 0.25) is 0 Å². The van der Waals surface area contributed by atoms with E-state index in [1.54, 1.807) is 13.8 Å². The average Bonchev–Trinajstić information content (AvgIpc) is 2.50. The first-order valence-electron chi connectivity index (χ1n) is 7.57. The van der Waals surface area contributed by atoms with E-state index in [9.17, 15) is 26.4 Å². The maximum absolute atomic E-state index is 13.6. The molecule has 0 fully saturated rings. The zero-order chi connectivity index (χ0) is 18.8. The molecule has 3 nitrogen and oxygen atoms in total. The highest BCUT2D eigenvalue weighted by Gasteiger charge is 2.18. The minimum absolute atomic E-state index is 0.152. The van der Waals surface area contributed by atoms with E-state index in [2.05, 4.69) is 0 Å². The second kappa shape index (κ2) is 7.39. The fourth-order valence-electron chi connectivity index (χ4n) is 2.19. The molecule has 0 aliphatic heterocycles. The van der Waals surface area contributed by atoms with Crippen molar-refractivity contribution in [2.75, 3.05) is 0 Å². The SMILES string of the molecule is CC(C)S(=O)(=O)Cc1ccc(C(=O)Cc2c(F)cc(F)cc2F)cc1. The predicted octanol–water partition coefficient (Wildman–Crippen LogP) is 3.85. The molecule has 0 bridgehead atoms. The van der Waals surface area contributed by atoms with Gasteiger partial charge in [-0.1, -0.05) is 24.3 Å². The Morgan fingerprint density at radius 2 is 1.52 bits per heavy atom. The van der Waals surface area contributed by atoms with Gasteiger partial charge in [-0.05, 0) is 19.4 Å². The van der Waals surface area contributed by atoms with Gasteiger partial charge in [-0.15, -0.1) is 0 Å². The number of halogens is 3. The van der Waals surface area contributed by atoms with E-state index in [0.29, 0.717) is 17.7 Å². The summed E-state index contributed by atoms with van der Waals surface area (Å²) in [5.74, 6) is -4.00. The van der Waals surface area contributed by atoms with Gasteiger partial charge in [0, 0.05) is 29.7 Å². The quantitative estimate of drug-likeness (QED) is 0.726. The van der Waals surface area contributed by atoms with E-state index in [0.717, 1.165) is 0 Å². The monoisotopic (exact) mass is 370 g/mol. The minimum Gasteiger partial charge on any atom is -0.294 e. The molecule has 2 aromatic rings. The average molecular weight is 370 g/mol. The summed E-state index contributed by atoms with van der Waals surface area (Å²) in [5.41, 5.74) is 0.205. The largest absolute Gasteiger partial charge is 0.294 e. The number of hydrogen-bond donors (Lipinski definition) is 0. The summed E-state index contributed by atoms with van der Waals surface area (Å²) in [6, 6.07) is 6.84. The lowest BCUT2D eigenvalue weighted by molar-refractivity contribution is 0.0990. The van der Waals surface area contributed by atoms with Crippen molar-refractivity contribution in [3.8, 4) is 0 Å². The molecule has 25 heavy (non-hydrogen) atoms. The summed E-state index contributed by atoms with van der Waals surface area (Å²) in [4.78, 5) is 12.2. The Hall–Kier alpha value is -2.15. The maximum Gasteiger partial charge on any atom is 0.167 e. The lowest BCUT2D eigenvalue weighted by Gasteiger charge is -2.09. The summed E-state index contributed by atoms with van der Waals surface area (Å²) in [5, 5.41) is -0.516. The predicted molar refractivity (Wildman–Crippen MR) is 88.6 cm³/mol. The first-order valence-corrected chi connectivity index (χ1v) is 9.29. The summed E-state index contributed by atoms with van der Waals surface area (Å²) in [6.07, 6.45) is -0.554. The molecule has 0 saturated carbocycles. The van der Waals surface area contributed by atoms with Gasteiger partial charge in [0.25, 0.3) is 0 Å². The van der Waals surface area contributed by atoms with Crippen LogP contribution in [-0.2, 0) is 22.0 Å². The Balaban J connectivity index is 2.16. The fraction of sp³-hybridized carbons (Fsp3) is 0.278. The van der Waals surface area contributed by atoms with E-state index in [-0.39, 0.29) is 11.3 Å². The smallest absolute Gasteiger partial charge is 0.167 e. The molecule has 0 heterocycles. The molecular formula is C18H17F3O3S. The van der Waals surface area contributed by atoms with Crippen molar-refractivity contribution in [2.45, 2.75) is 31.3 Å². The molecule has 2 aromatic carbocycles. The molecule has 0 saturated heterocycles. The molecule has 134 valence electrons. The Morgan fingerprint density at radius 1 is 1.00 bits per heavy atom. The second-order valence-electron chi connectivity index (χ2n) is 6.00. The van der Waals surface area contributed by atoms with Gasteiger partial charge >= 0.3 is 0 Å². The van der Waals surface area contributed by atoms with Crippen LogP contribution >= 0.6 is 0 Å². The van der Waals surface area contributed by atoms with Crippen molar-refractivity contribution in [1.82, 2.24) is 0 Å². The molecule has 2 rings (SSSR count). The van der Waals surface area contributed by atoms with Crippen LogP contribution in [0.25, 0.3) is 0 Å². The van der Waals surface area contributed by atoms with Crippen LogP contribution in [0.4, 0.5) is 13.2 Å². The highest BCUT2D eigenvalue weighted by molar-refractivity contribution is 7.91. The highest BCUT2D eigenvalue weighted by atomic mass is 32.2. The van der Waals surface area contributed by atoms with Gasteiger partial charge in [0.1, 0.15) is 17.5 Å². The number of benzene rings is 2. The maximum atomic E-state index is 13.6. The van der Waals surface area contributed by atoms with Crippen LogP contribution in [0.15, 0.2) is 36.4 Å². The van der Waals surface area contributed by atoms with Crippen molar-refractivity contribution >= 4 is 15.6 Å². The Morgan fingerprint density at radius 3 is 2.00 bits per heavy atom. The molecule has 0 aliphatic rings. The van der Waals surface area contributed by atoms with E-state index >= 15 is 0 Å². The first kappa shape index (κ1) is 19.2. The van der Waals surface area contributed by atoms with Gasteiger partial charge in [0.15, 0.2) is 15.6 Å². The van der Waals surface area contributed by atoms with E-state index in [1.807, 2.05) is 0 Å². The van der Waals surface area contributed by atoms with Crippen LogP contribution in [0.5, 0.6) is 0 Å². The third kappa shape index (κ3) is 4.69. The van der Waals surface area contributed by atoms with Gasteiger partial charge < -0.3 is 0 Å². The summed E-state index contributed by atoms with van der Waals surface area (Å²) < 4.78 is 63.9. The van der Waals surface area contributed by atoms with Gasteiger partial charge in [-0.2, -0.15) is 0 Å². The first-order chi connectivity index (χ1) is 11.6. The van der Waals surface area contributed by atoms with Crippen LogP contribution in [0.1, 0.15) is 35.3 Å². The summed E-state index contributed by atoms with van der Waals surface area (Å²) >= 11 is 0. The lowest BCUT2D eigenvalue weighted by Crippen LogP contribution is -2.16. The molecule has 0 N–H and O–H groups in total. The number of Topliss-reactive ketones (excluding diaryl/α,β-unsaturated/α-hetero) is 1. The van der Waals surface area contributed by atoms with Crippen molar-refractivity contribution in [3.05, 3.63) is 70.5 Å². The fourth-order valence-corrected chi connectivity index (χ4v) is 3.18. The third-order valence-corrected chi connectivity index (χ3v) is 5.98. The van der Waals surface area contributed by atoms with Crippen molar-refractivity contribution in [2.24, 2.45) is 0 Å². The lowest BCUT2D eigenvalue weighted by atomic mass is 10.0. The Labute approximate surface area is 144 Å². The molecule has 7 heteroatoms. The van der Waals surface area contributed by atoms with E-state index < -0.39 is 50.3 Å². The molecule has 0 unspecified atom stereocenters. The molecular weight excluding hydrogens is 353 g/mol. The second-order valence-corrected chi connectivity index (χ2v) is 8.56. The van der Waals surface area contributed by atoms with Gasteiger partial charge in [0.05, 0.1) is 11.0 Å². The Bertz CT molecular complexity index is 865. The van der Waals surface area contributed by atoms with Gasteiger partial charge in [-0.25, -0.2) is 21.6 Å². The normalized spacial score (nSPS) is 11.8. The van der Waals surface area contributed by atoms with Crippen LogP contribution in [0, 0.1) is 17.5 Å². The van der Waals surface area contributed by atoms with Crippen LogP contribution in [0.3, 0.4) is 0 Å². The molecule has 0 radical (unpaired) electrons. The standard InChI is InChI=1S/C18H17F3O3S/c1-11(2)25(23,24)10-12-3-5-13(6-4-12)18(22)9-15-16(20)7-14(19)8-17(15)21/h3-8,11H,9-10H2,1-2H3. The number of rotatable bonds is 6. The van der Waals surface area contributed by atoms with Crippen molar-refractivity contribution < 1.29 is 26.4 Å². The van der Waals surface area contributed by atoms with Crippen molar-refractivity contribution in [3.63, 3.8) is 0 Å². The number of hydrogen-bond acceptors (Lipinski definition) is 3. The van der Waals surface area contributed by atoms with Gasteiger partial charge in [-0.3, -0.25) is 4.79 Å². The molecule has 0 atom stereocenters. The highest BCUT2D eigenvalue weighted by Crippen LogP contribution is 2.18. The molecule has 0 amide bonds. The van der Waals surface area contributed by atoms with Crippen LogP contribution in [-0.4, -0.2) is 19.5 Å². The molecule has 0 spiro atoms. The number of sulfone groups is 1. The Kier molecular flexibility index (Phi) is 5.67. The summed E-state index contributed by atoms with van der Waals surface area (Å²) in [7, 11) is -3.27. The van der Waals surface area contributed by atoms with Crippen molar-refractivity contribution in [1.29, 1.82) is 0 Å². The number of carbonyl (C=O) groups excluding carboxylic acids is 1. The topological polar surface area (TPSA) is 51.2 Å². The number of carbonyl (C=O) groups is 1. The molecule has 0 aliphatic carbocycles. The number of ketones is 1.